The molecule has 0 amide bonds. The summed E-state index contributed by atoms with van der Waals surface area (Å²) in [4.78, 5) is 10.00. The Morgan fingerprint density at radius 2 is 2.00 bits per heavy atom. The predicted molar refractivity (Wildman–Crippen MR) is 46.4 cm³/mol. The lowest BCUT2D eigenvalue weighted by molar-refractivity contribution is 0.192. The molecule has 0 aromatic carbocycles. The van der Waals surface area contributed by atoms with Gasteiger partial charge in [-0.2, -0.15) is 0 Å². The third kappa shape index (κ3) is 3.03. The van der Waals surface area contributed by atoms with Crippen LogP contribution in [0.5, 0.6) is 0 Å². The first kappa shape index (κ1) is 10.7. The fourth-order valence-corrected chi connectivity index (χ4v) is 1.24. The van der Waals surface area contributed by atoms with E-state index in [1.165, 1.54) is 0 Å². The fraction of sp³-hybridized carbons (Fsp3) is 1.00. The Kier molecular flexibility index (Phi) is 5.15. The van der Waals surface area contributed by atoms with E-state index in [0.717, 1.165) is 32.5 Å². The number of nitrogens with two attached hydrogens (primary N) is 1. The van der Waals surface area contributed by atoms with Crippen molar-refractivity contribution >= 4 is 12.4 Å². The van der Waals surface area contributed by atoms with Crippen LogP contribution in [0.15, 0.2) is 5.29 Å². The molecule has 4 nitrogen and oxygen atoms in total. The number of nitrogens with zero attached hydrogens (tertiary/aromatic N) is 2. The summed E-state index contributed by atoms with van der Waals surface area (Å²) in [6.07, 6.45) is 2.03. The van der Waals surface area contributed by atoms with E-state index in [0.29, 0.717) is 5.92 Å². The average molecular weight is 180 g/mol. The Morgan fingerprint density at radius 1 is 1.45 bits per heavy atom. The van der Waals surface area contributed by atoms with Gasteiger partial charge in [-0.15, -0.1) is 17.3 Å². The molecule has 0 radical (unpaired) electrons. The number of hydrogen-bond donors (Lipinski definition) is 1. The number of hydrogen-bond acceptors (Lipinski definition) is 3. The van der Waals surface area contributed by atoms with Crippen molar-refractivity contribution in [2.24, 2.45) is 16.9 Å². The first-order valence-electron chi connectivity index (χ1n) is 3.65. The van der Waals surface area contributed by atoms with E-state index in [1.54, 1.807) is 5.01 Å². The maximum Gasteiger partial charge on any atom is 0.0523 e. The molecule has 2 N–H and O–H groups in total. The quantitative estimate of drug-likeness (QED) is 0.637. The highest BCUT2D eigenvalue weighted by Crippen LogP contribution is 2.15. The van der Waals surface area contributed by atoms with Gasteiger partial charge in [0.1, 0.15) is 0 Å². The van der Waals surface area contributed by atoms with Crippen LogP contribution in [0.25, 0.3) is 0 Å². The molecular weight excluding hydrogens is 166 g/mol. The van der Waals surface area contributed by atoms with Gasteiger partial charge in [0.05, 0.1) is 5.29 Å². The summed E-state index contributed by atoms with van der Waals surface area (Å²) in [5.41, 5.74) is 5.46. The molecule has 0 unspecified atom stereocenters. The van der Waals surface area contributed by atoms with Crippen LogP contribution in [0.1, 0.15) is 12.8 Å². The number of piperidine rings is 1. The zero-order chi connectivity index (χ0) is 7.40. The monoisotopic (exact) mass is 179 g/mol. The van der Waals surface area contributed by atoms with Crippen LogP contribution in [0.2, 0.25) is 0 Å². The summed E-state index contributed by atoms with van der Waals surface area (Å²) in [6.45, 7) is 2.31. The molecule has 11 heavy (non-hydrogen) atoms. The van der Waals surface area contributed by atoms with Crippen molar-refractivity contribution in [3.8, 4) is 0 Å². The fourth-order valence-electron chi connectivity index (χ4n) is 1.24. The molecule has 0 aromatic rings. The van der Waals surface area contributed by atoms with Gasteiger partial charge in [0, 0.05) is 13.1 Å². The van der Waals surface area contributed by atoms with Crippen LogP contribution in [-0.4, -0.2) is 24.6 Å². The second kappa shape index (κ2) is 5.32. The highest BCUT2D eigenvalue weighted by molar-refractivity contribution is 5.85. The smallest absolute Gasteiger partial charge is 0.0523 e. The van der Waals surface area contributed by atoms with Gasteiger partial charge in [-0.25, -0.2) is 0 Å². The first-order valence-corrected chi connectivity index (χ1v) is 3.65. The van der Waals surface area contributed by atoms with E-state index < -0.39 is 0 Å². The zero-order valence-corrected chi connectivity index (χ0v) is 7.22. The van der Waals surface area contributed by atoms with Crippen LogP contribution in [0.4, 0.5) is 0 Å². The largest absolute Gasteiger partial charge is 0.330 e. The van der Waals surface area contributed by atoms with Crippen molar-refractivity contribution < 1.29 is 0 Å². The van der Waals surface area contributed by atoms with Gasteiger partial charge in [0.25, 0.3) is 0 Å². The molecule has 1 heterocycles. The molecule has 1 saturated heterocycles. The van der Waals surface area contributed by atoms with Crippen molar-refractivity contribution in [1.82, 2.24) is 5.01 Å². The van der Waals surface area contributed by atoms with E-state index in [1.807, 2.05) is 0 Å². The third-order valence-electron chi connectivity index (χ3n) is 2.04. The van der Waals surface area contributed by atoms with Gasteiger partial charge in [-0.3, -0.25) is 5.01 Å². The van der Waals surface area contributed by atoms with Gasteiger partial charge in [0.2, 0.25) is 0 Å². The number of rotatable bonds is 2. The zero-order valence-electron chi connectivity index (χ0n) is 6.40. The van der Waals surface area contributed by atoms with Crippen molar-refractivity contribution in [3.63, 3.8) is 0 Å². The summed E-state index contributed by atoms with van der Waals surface area (Å²) in [5.74, 6) is 0.609. The van der Waals surface area contributed by atoms with E-state index in [2.05, 4.69) is 5.29 Å². The lowest BCUT2D eigenvalue weighted by Crippen LogP contribution is -2.32. The first-order chi connectivity index (χ1) is 4.86. The molecule has 1 aliphatic heterocycles. The van der Waals surface area contributed by atoms with E-state index in [9.17, 15) is 4.91 Å². The van der Waals surface area contributed by atoms with Crippen LogP contribution in [0, 0.1) is 10.8 Å². The number of halogens is 1. The maximum atomic E-state index is 10.00. The van der Waals surface area contributed by atoms with Crippen LogP contribution < -0.4 is 5.73 Å². The molecule has 0 saturated carbocycles. The lowest BCUT2D eigenvalue weighted by atomic mass is 9.98. The normalized spacial score (nSPS) is 19.2. The van der Waals surface area contributed by atoms with Gasteiger partial charge in [0.15, 0.2) is 0 Å². The Hall–Kier alpha value is -0.350. The summed E-state index contributed by atoms with van der Waals surface area (Å²) < 4.78 is 0. The van der Waals surface area contributed by atoms with E-state index in [-0.39, 0.29) is 12.4 Å². The van der Waals surface area contributed by atoms with Gasteiger partial charge in [-0.1, -0.05) is 0 Å². The second-order valence-corrected chi connectivity index (χ2v) is 2.71. The average Bonchev–Trinajstić information content (AvgIpc) is 2.05. The third-order valence-corrected chi connectivity index (χ3v) is 2.04. The maximum absolute atomic E-state index is 10.00. The van der Waals surface area contributed by atoms with Gasteiger partial charge >= 0.3 is 0 Å². The second-order valence-electron chi connectivity index (χ2n) is 2.71. The van der Waals surface area contributed by atoms with Gasteiger partial charge < -0.3 is 5.73 Å². The minimum absolute atomic E-state index is 0. The van der Waals surface area contributed by atoms with Crippen molar-refractivity contribution in [1.29, 1.82) is 0 Å². The topological polar surface area (TPSA) is 58.7 Å². The van der Waals surface area contributed by atoms with E-state index in [4.69, 9.17) is 5.73 Å². The van der Waals surface area contributed by atoms with E-state index >= 15 is 0 Å². The molecule has 66 valence electrons. The molecule has 1 aliphatic rings. The van der Waals surface area contributed by atoms with Crippen molar-refractivity contribution in [2.75, 3.05) is 19.6 Å². The summed E-state index contributed by atoms with van der Waals surface area (Å²) in [6, 6.07) is 0. The molecule has 0 spiro atoms. The molecule has 0 bridgehead atoms. The Morgan fingerprint density at radius 3 is 2.36 bits per heavy atom. The molecular formula is C6H14ClN3O. The molecule has 1 fully saturated rings. The number of nitroso groups, excluding NO2 is 1. The van der Waals surface area contributed by atoms with Crippen molar-refractivity contribution in [2.45, 2.75) is 12.8 Å². The summed E-state index contributed by atoms with van der Waals surface area (Å²) in [7, 11) is 0. The predicted octanol–water partition coefficient (Wildman–Crippen LogP) is 0.760. The SMILES string of the molecule is Cl.NCC1CCN(N=O)CC1. The molecule has 5 heteroatoms. The summed E-state index contributed by atoms with van der Waals surface area (Å²) in [5, 5.41) is 4.42. The highest BCUT2D eigenvalue weighted by atomic mass is 35.5. The molecule has 0 atom stereocenters. The Balaban J connectivity index is 0.000001000. The lowest BCUT2D eigenvalue weighted by Gasteiger charge is -2.26. The molecule has 0 aromatic heterocycles. The minimum atomic E-state index is 0. The van der Waals surface area contributed by atoms with Gasteiger partial charge in [-0.05, 0) is 25.3 Å². The van der Waals surface area contributed by atoms with Crippen LogP contribution >= 0.6 is 12.4 Å². The standard InChI is InChI=1S/C6H13N3O.ClH/c7-5-6-1-3-9(8-10)4-2-6;/h6H,1-5,7H2;1H. The minimum Gasteiger partial charge on any atom is -0.330 e. The molecule has 0 aliphatic carbocycles. The summed E-state index contributed by atoms with van der Waals surface area (Å²) >= 11 is 0. The Labute approximate surface area is 72.5 Å². The highest BCUT2D eigenvalue weighted by Gasteiger charge is 2.16. The van der Waals surface area contributed by atoms with Crippen molar-refractivity contribution in [3.05, 3.63) is 4.91 Å². The van der Waals surface area contributed by atoms with Crippen LogP contribution in [-0.2, 0) is 0 Å². The Bertz CT molecular complexity index is 114. The molecule has 1 rings (SSSR count). The van der Waals surface area contributed by atoms with Crippen LogP contribution in [0.3, 0.4) is 0 Å².